The highest BCUT2D eigenvalue weighted by molar-refractivity contribution is 5.36. The van der Waals surface area contributed by atoms with Crippen molar-refractivity contribution in [3.05, 3.63) is 65.0 Å². The monoisotopic (exact) mass is 269 g/mol. The largest absolute Gasteiger partial charge is 0.271 e. The molecule has 0 spiro atoms. The first-order chi connectivity index (χ1) is 9.43. The van der Waals surface area contributed by atoms with Crippen molar-refractivity contribution in [1.29, 1.82) is 0 Å². The second-order valence-corrected chi connectivity index (χ2v) is 6.15. The Balaban J connectivity index is 2.36. The molecule has 3 nitrogen and oxygen atoms in total. The number of hydrogen-bond acceptors (Lipinski definition) is 3. The van der Waals surface area contributed by atoms with Crippen LogP contribution in [0.5, 0.6) is 0 Å². The lowest BCUT2D eigenvalue weighted by atomic mass is 9.86. The molecule has 0 radical (unpaired) electrons. The molecule has 1 atom stereocenters. The van der Waals surface area contributed by atoms with Gasteiger partial charge in [-0.2, -0.15) is 0 Å². The molecule has 0 amide bonds. The summed E-state index contributed by atoms with van der Waals surface area (Å²) in [5.74, 6) is 5.75. The molecule has 106 valence electrons. The number of rotatable bonds is 3. The molecule has 0 saturated heterocycles. The minimum absolute atomic E-state index is 0.0299. The maximum Gasteiger partial charge on any atom is 0.0727 e. The third kappa shape index (κ3) is 3.06. The van der Waals surface area contributed by atoms with Crippen LogP contribution >= 0.6 is 0 Å². The van der Waals surface area contributed by atoms with Gasteiger partial charge in [0.15, 0.2) is 0 Å². The lowest BCUT2D eigenvalue weighted by Gasteiger charge is -2.22. The number of nitrogens with two attached hydrogens (primary N) is 1. The van der Waals surface area contributed by atoms with E-state index in [2.05, 4.69) is 61.5 Å². The Morgan fingerprint density at radius 1 is 1.10 bits per heavy atom. The van der Waals surface area contributed by atoms with E-state index in [0.29, 0.717) is 0 Å². The summed E-state index contributed by atoms with van der Waals surface area (Å²) in [6.45, 7) is 8.65. The van der Waals surface area contributed by atoms with E-state index in [-0.39, 0.29) is 11.5 Å². The van der Waals surface area contributed by atoms with Crippen LogP contribution in [0.25, 0.3) is 0 Å². The predicted octanol–water partition coefficient (Wildman–Crippen LogP) is 3.24. The molecule has 0 aliphatic rings. The van der Waals surface area contributed by atoms with Crippen molar-refractivity contribution in [2.24, 2.45) is 5.84 Å². The smallest absolute Gasteiger partial charge is 0.0727 e. The standard InChI is InChI=1S/C17H23N3/c1-12-15(6-5-11-19-12)16(20-18)13-7-9-14(10-8-13)17(2,3)4/h5-11,16,20H,18H2,1-4H3. The second kappa shape index (κ2) is 5.73. The van der Waals surface area contributed by atoms with Crippen LogP contribution in [0, 0.1) is 6.92 Å². The normalized spacial score (nSPS) is 13.2. The van der Waals surface area contributed by atoms with Crippen molar-refractivity contribution >= 4 is 0 Å². The third-order valence-corrected chi connectivity index (χ3v) is 3.64. The van der Waals surface area contributed by atoms with E-state index in [9.17, 15) is 0 Å². The van der Waals surface area contributed by atoms with Gasteiger partial charge in [-0.3, -0.25) is 10.8 Å². The first-order valence-electron chi connectivity index (χ1n) is 6.91. The first kappa shape index (κ1) is 14.7. The highest BCUT2D eigenvalue weighted by Crippen LogP contribution is 2.27. The Labute approximate surface area is 121 Å². The molecule has 3 N–H and O–H groups in total. The van der Waals surface area contributed by atoms with Crippen molar-refractivity contribution < 1.29 is 0 Å². The highest BCUT2D eigenvalue weighted by atomic mass is 15.2. The Morgan fingerprint density at radius 3 is 2.25 bits per heavy atom. The number of nitrogens with zero attached hydrogens (tertiary/aromatic N) is 1. The lowest BCUT2D eigenvalue weighted by molar-refractivity contribution is 0.587. The summed E-state index contributed by atoms with van der Waals surface area (Å²) in [7, 11) is 0. The van der Waals surface area contributed by atoms with E-state index in [1.807, 2.05) is 13.0 Å². The molecular formula is C17H23N3. The molecule has 0 bridgehead atoms. The molecule has 0 aliphatic carbocycles. The molecule has 3 heteroatoms. The number of hydrazine groups is 1. The predicted molar refractivity (Wildman–Crippen MR) is 83.3 cm³/mol. The summed E-state index contributed by atoms with van der Waals surface area (Å²) in [4.78, 5) is 4.33. The summed E-state index contributed by atoms with van der Waals surface area (Å²) < 4.78 is 0. The quantitative estimate of drug-likeness (QED) is 0.664. The van der Waals surface area contributed by atoms with Gasteiger partial charge in [-0.25, -0.2) is 5.43 Å². The van der Waals surface area contributed by atoms with Crippen LogP contribution in [0.1, 0.15) is 49.2 Å². The van der Waals surface area contributed by atoms with Crippen LogP contribution in [-0.2, 0) is 5.41 Å². The fourth-order valence-corrected chi connectivity index (χ4v) is 2.34. The van der Waals surface area contributed by atoms with E-state index in [4.69, 9.17) is 5.84 Å². The number of aryl methyl sites for hydroxylation is 1. The van der Waals surface area contributed by atoms with Crippen molar-refractivity contribution in [2.45, 2.75) is 39.2 Å². The Bertz CT molecular complexity index is 568. The van der Waals surface area contributed by atoms with Gasteiger partial charge >= 0.3 is 0 Å². The van der Waals surface area contributed by atoms with E-state index >= 15 is 0 Å². The van der Waals surface area contributed by atoms with E-state index in [1.54, 1.807) is 6.20 Å². The van der Waals surface area contributed by atoms with Crippen molar-refractivity contribution in [3.63, 3.8) is 0 Å². The number of nitrogens with one attached hydrogen (secondary N) is 1. The third-order valence-electron chi connectivity index (χ3n) is 3.64. The van der Waals surface area contributed by atoms with Gasteiger partial charge < -0.3 is 0 Å². The SMILES string of the molecule is Cc1ncccc1C(NN)c1ccc(C(C)(C)C)cc1. The Kier molecular flexibility index (Phi) is 4.21. The average molecular weight is 269 g/mol. The maximum absolute atomic E-state index is 5.75. The van der Waals surface area contributed by atoms with Crippen LogP contribution in [0.15, 0.2) is 42.6 Å². The maximum atomic E-state index is 5.75. The van der Waals surface area contributed by atoms with Crippen LogP contribution in [-0.4, -0.2) is 4.98 Å². The van der Waals surface area contributed by atoms with Gasteiger partial charge in [-0.05, 0) is 35.1 Å². The second-order valence-electron chi connectivity index (χ2n) is 6.15. The van der Waals surface area contributed by atoms with Crippen LogP contribution < -0.4 is 11.3 Å². The molecule has 1 unspecified atom stereocenters. The summed E-state index contributed by atoms with van der Waals surface area (Å²) in [5, 5.41) is 0. The Hall–Kier alpha value is -1.71. The molecule has 1 aromatic carbocycles. The van der Waals surface area contributed by atoms with Crippen LogP contribution in [0.2, 0.25) is 0 Å². The van der Waals surface area contributed by atoms with E-state index in [0.717, 1.165) is 16.8 Å². The van der Waals surface area contributed by atoms with Gasteiger partial charge in [0.05, 0.1) is 6.04 Å². The van der Waals surface area contributed by atoms with Crippen molar-refractivity contribution in [2.75, 3.05) is 0 Å². The molecule has 0 fully saturated rings. The first-order valence-corrected chi connectivity index (χ1v) is 6.91. The number of pyridine rings is 1. The van der Waals surface area contributed by atoms with E-state index < -0.39 is 0 Å². The van der Waals surface area contributed by atoms with Gasteiger partial charge in [0, 0.05) is 11.9 Å². The topological polar surface area (TPSA) is 50.9 Å². The van der Waals surface area contributed by atoms with Crippen LogP contribution in [0.4, 0.5) is 0 Å². The molecule has 2 aromatic rings. The van der Waals surface area contributed by atoms with E-state index in [1.165, 1.54) is 5.56 Å². The molecule has 1 heterocycles. The fraction of sp³-hybridized carbons (Fsp3) is 0.353. The number of benzene rings is 1. The number of hydrogen-bond donors (Lipinski definition) is 2. The molecule has 0 saturated carbocycles. The lowest BCUT2D eigenvalue weighted by Crippen LogP contribution is -2.29. The summed E-state index contributed by atoms with van der Waals surface area (Å²) in [6.07, 6.45) is 1.80. The minimum atomic E-state index is -0.0299. The Morgan fingerprint density at radius 2 is 1.75 bits per heavy atom. The molecule has 1 aromatic heterocycles. The minimum Gasteiger partial charge on any atom is -0.271 e. The zero-order chi connectivity index (χ0) is 14.8. The zero-order valence-corrected chi connectivity index (χ0v) is 12.6. The van der Waals surface area contributed by atoms with Crippen LogP contribution in [0.3, 0.4) is 0 Å². The summed E-state index contributed by atoms with van der Waals surface area (Å²) in [6, 6.07) is 12.6. The van der Waals surface area contributed by atoms with Gasteiger partial charge in [0.1, 0.15) is 0 Å². The number of aromatic nitrogens is 1. The van der Waals surface area contributed by atoms with Gasteiger partial charge in [0.25, 0.3) is 0 Å². The molecule has 20 heavy (non-hydrogen) atoms. The molecular weight excluding hydrogens is 246 g/mol. The highest BCUT2D eigenvalue weighted by Gasteiger charge is 2.17. The van der Waals surface area contributed by atoms with Crippen molar-refractivity contribution in [1.82, 2.24) is 10.4 Å². The molecule has 2 rings (SSSR count). The summed E-state index contributed by atoms with van der Waals surface area (Å²) in [5.41, 5.74) is 7.63. The average Bonchev–Trinajstić information content (AvgIpc) is 2.41. The fourth-order valence-electron chi connectivity index (χ4n) is 2.34. The van der Waals surface area contributed by atoms with Crippen molar-refractivity contribution in [3.8, 4) is 0 Å². The summed E-state index contributed by atoms with van der Waals surface area (Å²) >= 11 is 0. The van der Waals surface area contributed by atoms with Gasteiger partial charge in [-0.1, -0.05) is 51.1 Å². The zero-order valence-electron chi connectivity index (χ0n) is 12.6. The van der Waals surface area contributed by atoms with Gasteiger partial charge in [-0.15, -0.1) is 0 Å². The molecule has 0 aliphatic heterocycles. The van der Waals surface area contributed by atoms with Gasteiger partial charge in [0.2, 0.25) is 0 Å².